The number of carbonyl (C=O) groups is 1. The van der Waals surface area contributed by atoms with E-state index in [4.69, 9.17) is 4.74 Å². The molecule has 0 heterocycles. The van der Waals surface area contributed by atoms with Crippen molar-refractivity contribution < 1.29 is 14.6 Å². The fourth-order valence-corrected chi connectivity index (χ4v) is 2.16. The number of phenols is 1. The Balaban J connectivity index is 2.05. The maximum absolute atomic E-state index is 12.2. The van der Waals surface area contributed by atoms with Gasteiger partial charge in [-0.15, -0.1) is 0 Å². The number of hydrogen-bond acceptors (Lipinski definition) is 3. The molecule has 0 saturated heterocycles. The van der Waals surface area contributed by atoms with Crippen LogP contribution < -0.4 is 10.1 Å². The molecule has 0 aliphatic rings. The second-order valence-corrected chi connectivity index (χ2v) is 5.14. The molecule has 0 aliphatic carbocycles. The summed E-state index contributed by atoms with van der Waals surface area (Å²) in [5, 5.41) is 12.7. The number of phenolic OH excluding ortho intramolecular Hbond substituents is 1. The summed E-state index contributed by atoms with van der Waals surface area (Å²) >= 11 is 0. The fraction of sp³-hybridized carbons (Fsp3) is 0.278. The number of carbonyl (C=O) groups excluding carboxylic acids is 1. The van der Waals surface area contributed by atoms with Gasteiger partial charge in [0, 0.05) is 11.8 Å². The second kappa shape index (κ2) is 7.50. The van der Waals surface area contributed by atoms with Crippen molar-refractivity contribution in [2.24, 2.45) is 0 Å². The van der Waals surface area contributed by atoms with Crippen LogP contribution in [0.3, 0.4) is 0 Å². The van der Waals surface area contributed by atoms with E-state index >= 15 is 0 Å². The van der Waals surface area contributed by atoms with Gasteiger partial charge >= 0.3 is 0 Å². The van der Waals surface area contributed by atoms with Crippen LogP contribution in [0.15, 0.2) is 42.5 Å². The first kappa shape index (κ1) is 15.9. The Kier molecular flexibility index (Phi) is 5.42. The van der Waals surface area contributed by atoms with Gasteiger partial charge in [0.2, 0.25) is 0 Å². The van der Waals surface area contributed by atoms with Crippen molar-refractivity contribution in [1.29, 1.82) is 0 Å². The zero-order valence-corrected chi connectivity index (χ0v) is 12.9. The molecule has 2 rings (SSSR count). The van der Waals surface area contributed by atoms with Crippen LogP contribution in [0.1, 0.15) is 35.7 Å². The van der Waals surface area contributed by atoms with E-state index in [1.165, 1.54) is 18.7 Å². The summed E-state index contributed by atoms with van der Waals surface area (Å²) in [7, 11) is 1.51. The van der Waals surface area contributed by atoms with E-state index in [-0.39, 0.29) is 17.2 Å². The van der Waals surface area contributed by atoms with Gasteiger partial charge in [-0.05, 0) is 42.7 Å². The maximum atomic E-state index is 12.2. The number of aryl methyl sites for hydroxylation is 1. The number of benzene rings is 2. The number of anilines is 1. The van der Waals surface area contributed by atoms with Crippen LogP contribution in [0.2, 0.25) is 0 Å². The summed E-state index contributed by atoms with van der Waals surface area (Å²) < 4.78 is 5.00. The molecule has 2 N–H and O–H groups in total. The predicted octanol–water partition coefficient (Wildman–Crippen LogP) is 4.00. The maximum Gasteiger partial charge on any atom is 0.259 e. The first-order valence-corrected chi connectivity index (χ1v) is 7.41. The molecule has 0 spiro atoms. The molecule has 1 amide bonds. The van der Waals surface area contributed by atoms with Gasteiger partial charge in [0.15, 0.2) is 0 Å². The molecule has 4 nitrogen and oxygen atoms in total. The molecule has 0 saturated carbocycles. The summed E-state index contributed by atoms with van der Waals surface area (Å²) in [4.78, 5) is 12.2. The Morgan fingerprint density at radius 3 is 2.50 bits per heavy atom. The quantitative estimate of drug-likeness (QED) is 0.847. The molecule has 2 aromatic carbocycles. The lowest BCUT2D eigenvalue weighted by Crippen LogP contribution is -2.12. The highest BCUT2D eigenvalue weighted by Crippen LogP contribution is 2.24. The summed E-state index contributed by atoms with van der Waals surface area (Å²) in [5.41, 5.74) is 2.18. The van der Waals surface area contributed by atoms with Gasteiger partial charge in [-0.25, -0.2) is 0 Å². The average molecular weight is 299 g/mol. The van der Waals surface area contributed by atoms with E-state index in [1.54, 1.807) is 12.1 Å². The highest BCUT2D eigenvalue weighted by atomic mass is 16.5. The SMILES string of the molecule is CCCCc1ccc(NC(=O)c2ccc(OC)cc2O)cc1. The topological polar surface area (TPSA) is 58.6 Å². The molecule has 0 unspecified atom stereocenters. The first-order chi connectivity index (χ1) is 10.6. The Morgan fingerprint density at radius 1 is 1.18 bits per heavy atom. The molecular formula is C18H21NO3. The Bertz CT molecular complexity index is 635. The van der Waals surface area contributed by atoms with Crippen molar-refractivity contribution in [1.82, 2.24) is 0 Å². The van der Waals surface area contributed by atoms with E-state index < -0.39 is 0 Å². The molecule has 2 aromatic rings. The Hall–Kier alpha value is -2.49. The minimum absolute atomic E-state index is 0.101. The predicted molar refractivity (Wildman–Crippen MR) is 87.7 cm³/mol. The van der Waals surface area contributed by atoms with Crippen LogP contribution in [0, 0.1) is 0 Å². The van der Waals surface area contributed by atoms with E-state index in [9.17, 15) is 9.90 Å². The first-order valence-electron chi connectivity index (χ1n) is 7.41. The molecule has 4 heteroatoms. The van der Waals surface area contributed by atoms with Crippen molar-refractivity contribution in [2.75, 3.05) is 12.4 Å². The number of aromatic hydroxyl groups is 1. The van der Waals surface area contributed by atoms with Crippen LogP contribution in [0.25, 0.3) is 0 Å². The third-order valence-corrected chi connectivity index (χ3v) is 3.48. The summed E-state index contributed by atoms with van der Waals surface area (Å²) in [6.07, 6.45) is 3.37. The van der Waals surface area contributed by atoms with Gasteiger partial charge < -0.3 is 15.2 Å². The third kappa shape index (κ3) is 4.01. The fourth-order valence-electron chi connectivity index (χ4n) is 2.16. The van der Waals surface area contributed by atoms with Crippen molar-refractivity contribution in [3.8, 4) is 11.5 Å². The van der Waals surface area contributed by atoms with Crippen LogP contribution in [0.4, 0.5) is 5.69 Å². The standard InChI is InChI=1S/C18H21NO3/c1-3-4-5-13-6-8-14(9-7-13)19-18(21)16-11-10-15(22-2)12-17(16)20/h6-12,20H,3-5H2,1-2H3,(H,19,21). The highest BCUT2D eigenvalue weighted by molar-refractivity contribution is 6.06. The number of nitrogens with one attached hydrogen (secondary N) is 1. The number of methoxy groups -OCH3 is 1. The van der Waals surface area contributed by atoms with Crippen molar-refractivity contribution in [3.05, 3.63) is 53.6 Å². The third-order valence-electron chi connectivity index (χ3n) is 3.48. The van der Waals surface area contributed by atoms with Gasteiger partial charge in [-0.3, -0.25) is 4.79 Å². The number of unbranched alkanes of at least 4 members (excludes halogenated alkanes) is 1. The van der Waals surface area contributed by atoms with E-state index in [0.29, 0.717) is 11.4 Å². The Morgan fingerprint density at radius 2 is 1.91 bits per heavy atom. The molecule has 0 aliphatic heterocycles. The van der Waals surface area contributed by atoms with Crippen LogP contribution >= 0.6 is 0 Å². The number of hydrogen-bond donors (Lipinski definition) is 2. The van der Waals surface area contributed by atoms with Crippen molar-refractivity contribution >= 4 is 11.6 Å². The highest BCUT2D eigenvalue weighted by Gasteiger charge is 2.12. The molecule has 0 bridgehead atoms. The second-order valence-electron chi connectivity index (χ2n) is 5.14. The van der Waals surface area contributed by atoms with Gasteiger partial charge in [0.1, 0.15) is 11.5 Å². The van der Waals surface area contributed by atoms with Crippen LogP contribution in [-0.2, 0) is 6.42 Å². The lowest BCUT2D eigenvalue weighted by atomic mass is 10.1. The van der Waals surface area contributed by atoms with E-state index in [1.807, 2.05) is 24.3 Å². The Labute approximate surface area is 130 Å². The zero-order valence-electron chi connectivity index (χ0n) is 12.9. The number of amides is 1. The van der Waals surface area contributed by atoms with Gasteiger partial charge in [-0.2, -0.15) is 0 Å². The minimum Gasteiger partial charge on any atom is -0.507 e. The lowest BCUT2D eigenvalue weighted by molar-refractivity contribution is 0.102. The largest absolute Gasteiger partial charge is 0.507 e. The summed E-state index contributed by atoms with van der Waals surface area (Å²) in [6.45, 7) is 2.16. The molecule has 116 valence electrons. The van der Waals surface area contributed by atoms with Crippen molar-refractivity contribution in [3.63, 3.8) is 0 Å². The minimum atomic E-state index is -0.346. The smallest absolute Gasteiger partial charge is 0.259 e. The average Bonchev–Trinajstić information content (AvgIpc) is 2.53. The molecule has 0 fully saturated rings. The summed E-state index contributed by atoms with van der Waals surface area (Å²) in [5.74, 6) is 0.0622. The van der Waals surface area contributed by atoms with Crippen LogP contribution in [0.5, 0.6) is 11.5 Å². The van der Waals surface area contributed by atoms with Gasteiger partial charge in [0.05, 0.1) is 12.7 Å². The molecule has 0 aromatic heterocycles. The van der Waals surface area contributed by atoms with Crippen molar-refractivity contribution in [2.45, 2.75) is 26.2 Å². The van der Waals surface area contributed by atoms with E-state index in [2.05, 4.69) is 12.2 Å². The van der Waals surface area contributed by atoms with Gasteiger partial charge in [0.25, 0.3) is 5.91 Å². The lowest BCUT2D eigenvalue weighted by Gasteiger charge is -2.09. The number of rotatable bonds is 6. The summed E-state index contributed by atoms with van der Waals surface area (Å²) in [6, 6.07) is 12.4. The zero-order chi connectivity index (χ0) is 15.9. The molecule has 22 heavy (non-hydrogen) atoms. The number of ether oxygens (including phenoxy) is 1. The molecule has 0 atom stereocenters. The molecular weight excluding hydrogens is 278 g/mol. The monoisotopic (exact) mass is 299 g/mol. The van der Waals surface area contributed by atoms with E-state index in [0.717, 1.165) is 19.3 Å². The molecule has 0 radical (unpaired) electrons. The van der Waals surface area contributed by atoms with Crippen LogP contribution in [-0.4, -0.2) is 18.1 Å². The van der Waals surface area contributed by atoms with Gasteiger partial charge in [-0.1, -0.05) is 25.5 Å². The normalized spacial score (nSPS) is 10.3.